The first-order chi connectivity index (χ1) is 13.4. The Hall–Kier alpha value is -1.77. The van der Waals surface area contributed by atoms with Crippen LogP contribution >= 0.6 is 23.4 Å². The lowest BCUT2D eigenvalue weighted by Crippen LogP contribution is -2.39. The summed E-state index contributed by atoms with van der Waals surface area (Å²) in [5.41, 5.74) is 1.21. The first-order valence-electron chi connectivity index (χ1n) is 8.65. The van der Waals surface area contributed by atoms with Crippen LogP contribution in [0, 0.1) is 5.82 Å². The Kier molecular flexibility index (Phi) is 5.28. The van der Waals surface area contributed by atoms with E-state index in [-0.39, 0.29) is 29.4 Å². The van der Waals surface area contributed by atoms with E-state index in [1.165, 1.54) is 17.8 Å². The number of hydrogen-bond donors (Lipinski definition) is 0. The standard InChI is InChI=1S/C19H18ClFN2O3S2/c1-26-13-5-2-4-12(8-13)23-18-11-28(24,25)10-17(18)22-19(23)27-9-14-15(20)6-3-7-16(14)21/h2-8,17-18H,9-11H2,1H3/t17-,18+/m1/s1. The van der Waals surface area contributed by atoms with Crippen molar-refractivity contribution >= 4 is 44.1 Å². The van der Waals surface area contributed by atoms with Gasteiger partial charge < -0.3 is 9.64 Å². The zero-order valence-electron chi connectivity index (χ0n) is 15.0. The number of rotatable bonds is 4. The van der Waals surface area contributed by atoms with E-state index in [1.807, 2.05) is 29.2 Å². The van der Waals surface area contributed by atoms with E-state index in [2.05, 4.69) is 4.99 Å². The van der Waals surface area contributed by atoms with Crippen molar-refractivity contribution in [3.05, 3.63) is 58.9 Å². The Labute approximate surface area is 172 Å². The van der Waals surface area contributed by atoms with Crippen LogP contribution in [0.25, 0.3) is 0 Å². The van der Waals surface area contributed by atoms with Crippen molar-refractivity contribution in [2.75, 3.05) is 23.5 Å². The summed E-state index contributed by atoms with van der Waals surface area (Å²) in [5, 5.41) is 1.03. The third kappa shape index (κ3) is 3.73. The van der Waals surface area contributed by atoms with E-state index >= 15 is 0 Å². The van der Waals surface area contributed by atoms with Gasteiger partial charge in [0.1, 0.15) is 11.6 Å². The quantitative estimate of drug-likeness (QED) is 0.724. The number of halogens is 2. The van der Waals surface area contributed by atoms with E-state index < -0.39 is 9.84 Å². The van der Waals surface area contributed by atoms with Crippen molar-refractivity contribution in [1.29, 1.82) is 0 Å². The summed E-state index contributed by atoms with van der Waals surface area (Å²) in [5.74, 6) is 0.681. The highest BCUT2D eigenvalue weighted by Gasteiger charge is 2.47. The lowest BCUT2D eigenvalue weighted by atomic mass is 10.1. The molecule has 2 aliphatic heterocycles. The maximum absolute atomic E-state index is 14.1. The Balaban J connectivity index is 1.65. The van der Waals surface area contributed by atoms with Gasteiger partial charge in [-0.3, -0.25) is 4.99 Å². The fourth-order valence-corrected chi connectivity index (χ4v) is 6.81. The summed E-state index contributed by atoms with van der Waals surface area (Å²) in [6.07, 6.45) is 0. The van der Waals surface area contributed by atoms with Crippen LogP contribution < -0.4 is 9.64 Å². The number of amidine groups is 1. The van der Waals surface area contributed by atoms with Crippen molar-refractivity contribution in [3.8, 4) is 5.75 Å². The first kappa shape index (κ1) is 19.5. The number of sulfone groups is 1. The van der Waals surface area contributed by atoms with Gasteiger partial charge in [0, 0.05) is 28.1 Å². The van der Waals surface area contributed by atoms with E-state index in [9.17, 15) is 12.8 Å². The molecule has 28 heavy (non-hydrogen) atoms. The molecule has 1 fully saturated rings. The Morgan fingerprint density at radius 3 is 2.82 bits per heavy atom. The van der Waals surface area contributed by atoms with Gasteiger partial charge in [0.15, 0.2) is 15.0 Å². The van der Waals surface area contributed by atoms with Gasteiger partial charge in [0.05, 0.1) is 30.7 Å². The molecular formula is C19H18ClFN2O3S2. The summed E-state index contributed by atoms with van der Waals surface area (Å²) >= 11 is 7.49. The average Bonchev–Trinajstić information content (AvgIpc) is 3.12. The second-order valence-electron chi connectivity index (χ2n) is 6.68. The molecule has 0 bridgehead atoms. The maximum atomic E-state index is 14.1. The summed E-state index contributed by atoms with van der Waals surface area (Å²) in [4.78, 5) is 6.58. The molecule has 0 amide bonds. The van der Waals surface area contributed by atoms with Crippen LogP contribution in [0.2, 0.25) is 5.02 Å². The molecule has 1 saturated heterocycles. The Morgan fingerprint density at radius 1 is 1.29 bits per heavy atom. The highest BCUT2D eigenvalue weighted by Crippen LogP contribution is 2.37. The Bertz CT molecular complexity index is 1020. The molecule has 2 aromatic rings. The minimum atomic E-state index is -3.14. The number of fused-ring (bicyclic) bond motifs is 1. The lowest BCUT2D eigenvalue weighted by Gasteiger charge is -2.26. The molecule has 0 unspecified atom stereocenters. The number of benzene rings is 2. The van der Waals surface area contributed by atoms with E-state index in [0.717, 1.165) is 5.69 Å². The SMILES string of the molecule is COc1cccc(N2C(SCc3c(F)cccc3Cl)=N[C@@H]3CS(=O)(=O)C[C@@H]32)c1. The van der Waals surface area contributed by atoms with Gasteiger partial charge in [-0.25, -0.2) is 12.8 Å². The first-order valence-corrected chi connectivity index (χ1v) is 11.8. The largest absolute Gasteiger partial charge is 0.497 e. The van der Waals surface area contributed by atoms with Gasteiger partial charge in [-0.15, -0.1) is 0 Å². The number of anilines is 1. The van der Waals surface area contributed by atoms with Gasteiger partial charge in [-0.05, 0) is 24.3 Å². The highest BCUT2D eigenvalue weighted by molar-refractivity contribution is 8.13. The van der Waals surface area contributed by atoms with Crippen LogP contribution in [-0.2, 0) is 15.6 Å². The molecule has 2 heterocycles. The zero-order valence-corrected chi connectivity index (χ0v) is 17.4. The molecule has 0 radical (unpaired) electrons. The third-order valence-electron chi connectivity index (χ3n) is 4.85. The molecule has 2 aromatic carbocycles. The molecular weight excluding hydrogens is 423 g/mol. The average molecular weight is 441 g/mol. The fourth-order valence-electron chi connectivity index (χ4n) is 3.50. The number of hydrogen-bond acceptors (Lipinski definition) is 6. The summed E-state index contributed by atoms with van der Waals surface area (Å²) in [6.45, 7) is 0. The molecule has 0 aromatic heterocycles. The van der Waals surface area contributed by atoms with Crippen LogP contribution in [0.1, 0.15) is 5.56 Å². The minimum absolute atomic E-state index is 0.0304. The molecule has 0 spiro atoms. The summed E-state index contributed by atoms with van der Waals surface area (Å²) in [7, 11) is -1.56. The lowest BCUT2D eigenvalue weighted by molar-refractivity contribution is 0.415. The van der Waals surface area contributed by atoms with Gasteiger partial charge in [0.25, 0.3) is 0 Å². The van der Waals surface area contributed by atoms with Crippen molar-refractivity contribution in [3.63, 3.8) is 0 Å². The van der Waals surface area contributed by atoms with Crippen LogP contribution in [0.3, 0.4) is 0 Å². The summed E-state index contributed by atoms with van der Waals surface area (Å²) < 4.78 is 43.7. The molecule has 9 heteroatoms. The second kappa shape index (κ2) is 7.57. The van der Waals surface area contributed by atoms with Crippen molar-refractivity contribution in [2.24, 2.45) is 4.99 Å². The number of nitrogens with zero attached hydrogens (tertiary/aromatic N) is 2. The van der Waals surface area contributed by atoms with E-state index in [1.54, 1.807) is 19.2 Å². The van der Waals surface area contributed by atoms with Crippen LogP contribution in [0.4, 0.5) is 10.1 Å². The van der Waals surface area contributed by atoms with Crippen LogP contribution in [0.15, 0.2) is 47.5 Å². The maximum Gasteiger partial charge on any atom is 0.164 e. The number of aliphatic imine (C=N–C) groups is 1. The number of ether oxygens (including phenoxy) is 1. The second-order valence-corrected chi connectivity index (χ2v) is 10.2. The molecule has 5 nitrogen and oxygen atoms in total. The zero-order chi connectivity index (χ0) is 19.9. The van der Waals surface area contributed by atoms with E-state index in [4.69, 9.17) is 16.3 Å². The van der Waals surface area contributed by atoms with Crippen LogP contribution in [-0.4, -0.2) is 44.3 Å². The molecule has 0 N–H and O–H groups in total. The van der Waals surface area contributed by atoms with Crippen molar-refractivity contribution < 1.29 is 17.5 Å². The Morgan fingerprint density at radius 2 is 2.07 bits per heavy atom. The van der Waals surface area contributed by atoms with E-state index in [0.29, 0.717) is 27.3 Å². The normalized spacial score (nSPS) is 22.8. The molecule has 2 atom stereocenters. The summed E-state index contributed by atoms with van der Waals surface area (Å²) in [6, 6.07) is 11.4. The van der Waals surface area contributed by atoms with Crippen LogP contribution in [0.5, 0.6) is 5.75 Å². The monoisotopic (exact) mass is 440 g/mol. The predicted octanol–water partition coefficient (Wildman–Crippen LogP) is 3.76. The van der Waals surface area contributed by atoms with Gasteiger partial charge in [0.2, 0.25) is 0 Å². The minimum Gasteiger partial charge on any atom is -0.497 e. The smallest absolute Gasteiger partial charge is 0.164 e. The number of methoxy groups -OCH3 is 1. The molecule has 2 aliphatic rings. The van der Waals surface area contributed by atoms with Crippen molar-refractivity contribution in [2.45, 2.75) is 17.8 Å². The van der Waals surface area contributed by atoms with Gasteiger partial charge >= 0.3 is 0 Å². The molecule has 0 saturated carbocycles. The van der Waals surface area contributed by atoms with Crippen molar-refractivity contribution in [1.82, 2.24) is 0 Å². The molecule has 4 rings (SSSR count). The topological polar surface area (TPSA) is 59.0 Å². The molecule has 148 valence electrons. The van der Waals surface area contributed by atoms with Gasteiger partial charge in [-0.1, -0.05) is 35.5 Å². The fraction of sp³-hybridized carbons (Fsp3) is 0.316. The highest BCUT2D eigenvalue weighted by atomic mass is 35.5. The number of thioether (sulfide) groups is 1. The predicted molar refractivity (Wildman–Crippen MR) is 112 cm³/mol. The van der Waals surface area contributed by atoms with Gasteiger partial charge in [-0.2, -0.15) is 0 Å². The molecule has 0 aliphatic carbocycles. The third-order valence-corrected chi connectivity index (χ3v) is 7.89.